The van der Waals surface area contributed by atoms with E-state index in [-0.39, 0.29) is 5.92 Å². The highest BCUT2D eigenvalue weighted by Crippen LogP contribution is 2.17. The molecule has 1 atom stereocenters. The average Bonchev–Trinajstić information content (AvgIpc) is 2.67. The van der Waals surface area contributed by atoms with Gasteiger partial charge in [0.15, 0.2) is 0 Å². The van der Waals surface area contributed by atoms with Crippen LogP contribution >= 0.6 is 12.2 Å². The average molecular weight is 352 g/mol. The van der Waals surface area contributed by atoms with Crippen LogP contribution in [0, 0.1) is 11.3 Å². The van der Waals surface area contributed by atoms with Gasteiger partial charge in [0.25, 0.3) is 0 Å². The highest BCUT2D eigenvalue weighted by Gasteiger charge is 2.22. The summed E-state index contributed by atoms with van der Waals surface area (Å²) in [6, 6.07) is 17.7. The molecule has 0 aliphatic carbocycles. The summed E-state index contributed by atoms with van der Waals surface area (Å²) in [6.45, 7) is 0.593. The molecule has 3 rings (SSSR count). The first-order valence-electron chi connectivity index (χ1n) is 7.96. The number of nitrogens with one attached hydrogen (secondary N) is 3. The molecule has 5 nitrogen and oxygen atoms in total. The lowest BCUT2D eigenvalue weighted by molar-refractivity contribution is 0.414. The Bertz CT molecular complexity index is 791. The molecule has 0 spiro atoms. The number of ether oxygens (including phenoxy) is 1. The van der Waals surface area contributed by atoms with Gasteiger partial charge in [0.05, 0.1) is 23.7 Å². The number of anilines is 1. The molecule has 1 unspecified atom stereocenters. The molecular formula is C19H20N4OS. The van der Waals surface area contributed by atoms with Crippen molar-refractivity contribution in [1.82, 2.24) is 10.7 Å². The van der Waals surface area contributed by atoms with E-state index in [2.05, 4.69) is 10.7 Å². The van der Waals surface area contributed by atoms with E-state index < -0.39 is 0 Å². The van der Waals surface area contributed by atoms with Crippen LogP contribution in [-0.2, 0) is 6.54 Å². The Morgan fingerprint density at radius 2 is 2.04 bits per heavy atom. The van der Waals surface area contributed by atoms with E-state index in [0.717, 1.165) is 17.0 Å². The van der Waals surface area contributed by atoms with Gasteiger partial charge < -0.3 is 10.1 Å². The number of thiocarbonyl (C=S) groups is 1. The quantitative estimate of drug-likeness (QED) is 0.721. The molecule has 0 radical (unpaired) electrons. The van der Waals surface area contributed by atoms with Crippen molar-refractivity contribution >= 4 is 28.7 Å². The van der Waals surface area contributed by atoms with Crippen molar-refractivity contribution in [3.8, 4) is 5.75 Å². The minimum absolute atomic E-state index is 0.263. The van der Waals surface area contributed by atoms with E-state index in [4.69, 9.17) is 22.4 Å². The third-order valence-corrected chi connectivity index (χ3v) is 4.30. The summed E-state index contributed by atoms with van der Waals surface area (Å²) in [5, 5.41) is 13.3. The van der Waals surface area contributed by atoms with E-state index in [1.165, 1.54) is 0 Å². The molecule has 6 heteroatoms. The monoisotopic (exact) mass is 352 g/mol. The third-order valence-electron chi connectivity index (χ3n) is 3.90. The van der Waals surface area contributed by atoms with Gasteiger partial charge in [0.2, 0.25) is 0 Å². The normalized spacial score (nSPS) is 16.3. The van der Waals surface area contributed by atoms with E-state index in [1.54, 1.807) is 7.11 Å². The molecule has 1 aliphatic heterocycles. The molecule has 25 heavy (non-hydrogen) atoms. The molecule has 3 N–H and O–H groups in total. The highest BCUT2D eigenvalue weighted by atomic mass is 32.1. The smallest absolute Gasteiger partial charge is 0.126 e. The minimum Gasteiger partial charge on any atom is -0.497 e. The zero-order chi connectivity index (χ0) is 17.6. The number of hydrogen-bond donors (Lipinski definition) is 3. The molecule has 0 amide bonds. The number of rotatable bonds is 5. The minimum atomic E-state index is -0.263. The van der Waals surface area contributed by atoms with Crippen LogP contribution < -0.4 is 20.5 Å². The highest BCUT2D eigenvalue weighted by molar-refractivity contribution is 7.80. The number of nitrogens with zero attached hydrogens (tertiary/aromatic N) is 1. The van der Waals surface area contributed by atoms with E-state index in [0.29, 0.717) is 17.4 Å². The largest absolute Gasteiger partial charge is 0.497 e. The van der Waals surface area contributed by atoms with Crippen molar-refractivity contribution in [3.05, 3.63) is 72.4 Å². The van der Waals surface area contributed by atoms with Crippen LogP contribution in [0.1, 0.15) is 5.56 Å². The van der Waals surface area contributed by atoms with E-state index in [1.807, 2.05) is 71.9 Å². The molecule has 128 valence electrons. The number of hydrazine groups is 1. The van der Waals surface area contributed by atoms with Crippen LogP contribution in [-0.4, -0.2) is 17.9 Å². The van der Waals surface area contributed by atoms with Gasteiger partial charge in [0.1, 0.15) is 11.6 Å². The topological polar surface area (TPSA) is 60.4 Å². The second kappa shape index (κ2) is 7.81. The van der Waals surface area contributed by atoms with Crippen LogP contribution in [0.5, 0.6) is 5.75 Å². The summed E-state index contributed by atoms with van der Waals surface area (Å²) in [4.78, 5) is 0.615. The first kappa shape index (κ1) is 17.0. The second-order valence-electron chi connectivity index (χ2n) is 5.62. The Morgan fingerprint density at radius 3 is 2.76 bits per heavy atom. The van der Waals surface area contributed by atoms with Gasteiger partial charge >= 0.3 is 0 Å². The first-order valence-corrected chi connectivity index (χ1v) is 8.36. The lowest BCUT2D eigenvalue weighted by atomic mass is 10.1. The number of hydrogen-bond acceptors (Lipinski definition) is 4. The van der Waals surface area contributed by atoms with E-state index >= 15 is 0 Å². The lowest BCUT2D eigenvalue weighted by Gasteiger charge is -2.30. The maximum Gasteiger partial charge on any atom is 0.126 e. The summed E-state index contributed by atoms with van der Waals surface area (Å²) in [7, 11) is 1.65. The van der Waals surface area contributed by atoms with Gasteiger partial charge in [0, 0.05) is 12.7 Å². The molecular weight excluding hydrogens is 332 g/mol. The fourth-order valence-electron chi connectivity index (χ4n) is 2.54. The summed E-state index contributed by atoms with van der Waals surface area (Å²) >= 11 is 5.47. The van der Waals surface area contributed by atoms with Gasteiger partial charge in [-0.1, -0.05) is 42.5 Å². The molecule has 0 saturated carbocycles. The zero-order valence-corrected chi connectivity index (χ0v) is 14.7. The molecule has 1 heterocycles. The predicted octanol–water partition coefficient (Wildman–Crippen LogP) is 3.24. The van der Waals surface area contributed by atoms with Gasteiger partial charge in [-0.15, -0.1) is 0 Å². The predicted molar refractivity (Wildman–Crippen MR) is 105 cm³/mol. The summed E-state index contributed by atoms with van der Waals surface area (Å²) < 4.78 is 5.23. The Morgan fingerprint density at radius 1 is 1.24 bits per heavy atom. The van der Waals surface area contributed by atoms with Crippen molar-refractivity contribution in [3.63, 3.8) is 0 Å². The summed E-state index contributed by atoms with van der Waals surface area (Å²) in [5.74, 6) is 0.894. The molecule has 0 aromatic heterocycles. The Labute approximate surface area is 152 Å². The molecule has 1 aliphatic rings. The Hall–Kier alpha value is -2.86. The SMILES string of the molecule is COc1cccc(CNC(=S)C2C=CN(c3ccccc3)NC2=N)c1. The van der Waals surface area contributed by atoms with Gasteiger partial charge in [-0.3, -0.25) is 15.8 Å². The van der Waals surface area contributed by atoms with Gasteiger partial charge in [-0.2, -0.15) is 0 Å². The number of para-hydroxylation sites is 1. The fourth-order valence-corrected chi connectivity index (χ4v) is 2.81. The van der Waals surface area contributed by atoms with Crippen molar-refractivity contribution in [2.45, 2.75) is 6.54 Å². The molecule has 0 bridgehead atoms. The van der Waals surface area contributed by atoms with Crippen molar-refractivity contribution in [2.24, 2.45) is 5.92 Å². The number of benzene rings is 2. The Balaban J connectivity index is 1.62. The van der Waals surface area contributed by atoms with Crippen LogP contribution in [0.4, 0.5) is 5.69 Å². The third kappa shape index (κ3) is 4.16. The van der Waals surface area contributed by atoms with Gasteiger partial charge in [-0.25, -0.2) is 0 Å². The molecule has 2 aromatic rings. The lowest BCUT2D eigenvalue weighted by Crippen LogP contribution is -2.48. The van der Waals surface area contributed by atoms with Gasteiger partial charge in [-0.05, 0) is 35.9 Å². The van der Waals surface area contributed by atoms with E-state index in [9.17, 15) is 0 Å². The van der Waals surface area contributed by atoms with Crippen molar-refractivity contribution in [1.29, 1.82) is 5.41 Å². The maximum atomic E-state index is 8.25. The van der Waals surface area contributed by atoms with Crippen LogP contribution in [0.3, 0.4) is 0 Å². The first-order chi connectivity index (χ1) is 12.2. The summed E-state index contributed by atoms with van der Waals surface area (Å²) in [6.07, 6.45) is 3.82. The Kier molecular flexibility index (Phi) is 5.30. The zero-order valence-electron chi connectivity index (χ0n) is 13.9. The molecule has 0 fully saturated rings. The molecule has 2 aromatic carbocycles. The van der Waals surface area contributed by atoms with Crippen molar-refractivity contribution < 1.29 is 4.74 Å². The molecule has 0 saturated heterocycles. The second-order valence-corrected chi connectivity index (χ2v) is 6.06. The van der Waals surface area contributed by atoms with Crippen molar-refractivity contribution in [2.75, 3.05) is 12.1 Å². The number of amidine groups is 1. The van der Waals surface area contributed by atoms with Crippen LogP contribution in [0.2, 0.25) is 0 Å². The standard InChI is InChI=1S/C19H20N4OS/c1-24-16-9-5-6-14(12-16)13-21-19(25)17-10-11-23(22-18(17)20)15-7-3-2-4-8-15/h2-12,17H,13H2,1H3,(H2,20,22)(H,21,25). The summed E-state index contributed by atoms with van der Waals surface area (Å²) in [5.41, 5.74) is 5.11. The maximum absolute atomic E-state index is 8.25. The fraction of sp³-hybridized carbons (Fsp3) is 0.158. The van der Waals surface area contributed by atoms with Crippen LogP contribution in [0.15, 0.2) is 66.9 Å². The van der Waals surface area contributed by atoms with Crippen LogP contribution in [0.25, 0.3) is 0 Å². The number of methoxy groups -OCH3 is 1.